The van der Waals surface area contributed by atoms with Crippen molar-refractivity contribution >= 4 is 28.8 Å². The highest BCUT2D eigenvalue weighted by atomic mass is 32.1. The van der Waals surface area contributed by atoms with Crippen molar-refractivity contribution in [1.29, 1.82) is 5.41 Å². The highest BCUT2D eigenvalue weighted by Crippen LogP contribution is 2.41. The maximum absolute atomic E-state index is 12.9. The molecule has 4 rings (SSSR count). The molecule has 204 valence electrons. The van der Waals surface area contributed by atoms with E-state index in [9.17, 15) is 14.7 Å². The number of H-pyrrole nitrogens is 1. The van der Waals surface area contributed by atoms with Crippen LogP contribution < -0.4 is 31.0 Å². The molecule has 39 heavy (non-hydrogen) atoms. The van der Waals surface area contributed by atoms with Crippen LogP contribution in [0.5, 0.6) is 17.2 Å². The van der Waals surface area contributed by atoms with Crippen molar-refractivity contribution in [2.45, 2.75) is 19.4 Å². The van der Waals surface area contributed by atoms with Gasteiger partial charge in [-0.25, -0.2) is 14.6 Å². The molecular formula is C25H27N7O6S. The van der Waals surface area contributed by atoms with Gasteiger partial charge in [-0.1, -0.05) is 6.92 Å². The normalized spacial score (nSPS) is 11.6. The van der Waals surface area contributed by atoms with E-state index in [0.29, 0.717) is 40.7 Å². The van der Waals surface area contributed by atoms with Gasteiger partial charge in [-0.05, 0) is 48.4 Å². The summed E-state index contributed by atoms with van der Waals surface area (Å²) in [7, 11) is 3.01. The largest absolute Gasteiger partial charge is 0.493 e. The van der Waals surface area contributed by atoms with Gasteiger partial charge in [-0.3, -0.25) is 10.4 Å². The molecule has 6 N–H and O–H groups in total. The first-order valence-electron chi connectivity index (χ1n) is 11.7. The van der Waals surface area contributed by atoms with Gasteiger partial charge in [-0.2, -0.15) is 4.68 Å². The number of nitrogens with two attached hydrogens (primary N) is 1. The number of methoxy groups -OCH3 is 2. The van der Waals surface area contributed by atoms with Crippen LogP contribution in [0.3, 0.4) is 0 Å². The molecule has 0 aliphatic heterocycles. The third-order valence-corrected chi connectivity index (χ3v) is 6.42. The predicted molar refractivity (Wildman–Crippen MR) is 145 cm³/mol. The Morgan fingerprint density at radius 1 is 1.23 bits per heavy atom. The third-order valence-electron chi connectivity index (χ3n) is 5.62. The molecule has 4 aromatic rings. The van der Waals surface area contributed by atoms with Crippen LogP contribution in [0.15, 0.2) is 46.7 Å². The Labute approximate surface area is 226 Å². The summed E-state index contributed by atoms with van der Waals surface area (Å²) in [5, 5.41) is 24.9. The van der Waals surface area contributed by atoms with E-state index in [1.54, 1.807) is 36.4 Å². The van der Waals surface area contributed by atoms with E-state index in [1.165, 1.54) is 19.7 Å². The maximum Gasteiger partial charge on any atom is 0.349 e. The quantitative estimate of drug-likeness (QED) is 0.129. The smallest absolute Gasteiger partial charge is 0.349 e. The second kappa shape index (κ2) is 11.7. The number of aromatic carboxylic acids is 1. The zero-order valence-corrected chi connectivity index (χ0v) is 22.2. The zero-order valence-electron chi connectivity index (χ0n) is 21.3. The standard InChI is InChI=1S/C25H27N7O6S/c1-4-9-38-17-11-14(10-16(36-2)19(17)37-3)18(29-15-7-5-13(6-8-15)21(26)27)22-30-25(35)32(31-22)23-20(24(33)34)39-12-28-23/h5-8,10-12,18,29H,4,9H2,1-3H3,(H3,26,27)(H,33,34)(H,30,31,35). The number of nitrogen functional groups attached to an aromatic ring is 1. The van der Waals surface area contributed by atoms with Crippen molar-refractivity contribution < 1.29 is 24.1 Å². The van der Waals surface area contributed by atoms with E-state index in [4.69, 9.17) is 25.4 Å². The van der Waals surface area contributed by atoms with Crippen LogP contribution >= 0.6 is 11.3 Å². The number of amidine groups is 1. The molecule has 0 radical (unpaired) electrons. The zero-order chi connectivity index (χ0) is 28.1. The molecule has 0 fully saturated rings. The fraction of sp³-hybridized carbons (Fsp3) is 0.240. The van der Waals surface area contributed by atoms with Crippen molar-refractivity contribution in [3.63, 3.8) is 0 Å². The van der Waals surface area contributed by atoms with Gasteiger partial charge in [-0.15, -0.1) is 16.4 Å². The maximum atomic E-state index is 12.9. The minimum Gasteiger partial charge on any atom is -0.493 e. The molecule has 0 bridgehead atoms. The fourth-order valence-corrected chi connectivity index (χ4v) is 4.41. The summed E-state index contributed by atoms with van der Waals surface area (Å²) >= 11 is 0.886. The summed E-state index contributed by atoms with van der Waals surface area (Å²) < 4.78 is 17.9. The number of nitrogens with one attached hydrogen (secondary N) is 3. The van der Waals surface area contributed by atoms with Crippen molar-refractivity contribution in [2.24, 2.45) is 5.73 Å². The van der Waals surface area contributed by atoms with Gasteiger partial charge in [0.1, 0.15) is 11.9 Å². The average molecular weight is 554 g/mol. The molecule has 2 heterocycles. The molecule has 0 spiro atoms. The first-order valence-corrected chi connectivity index (χ1v) is 12.6. The number of hydrogen-bond donors (Lipinski definition) is 5. The Morgan fingerprint density at radius 2 is 1.95 bits per heavy atom. The molecule has 0 amide bonds. The Balaban J connectivity index is 1.86. The summed E-state index contributed by atoms with van der Waals surface area (Å²) in [5.74, 6) is 0.0264. The molecular weight excluding hydrogens is 526 g/mol. The van der Waals surface area contributed by atoms with E-state index in [2.05, 4.69) is 20.4 Å². The van der Waals surface area contributed by atoms with Crippen LogP contribution in [-0.4, -0.2) is 57.5 Å². The number of hydrogen-bond acceptors (Lipinski definition) is 10. The van der Waals surface area contributed by atoms with Crippen LogP contribution in [0.1, 0.15) is 46.0 Å². The van der Waals surface area contributed by atoms with Gasteiger partial charge in [0.25, 0.3) is 0 Å². The van der Waals surface area contributed by atoms with Gasteiger partial charge in [0.15, 0.2) is 28.0 Å². The lowest BCUT2D eigenvalue weighted by molar-refractivity contribution is 0.0701. The highest BCUT2D eigenvalue weighted by Gasteiger charge is 2.26. The molecule has 2 aromatic heterocycles. The second-order valence-electron chi connectivity index (χ2n) is 8.21. The number of nitrogens with zero attached hydrogens (tertiary/aromatic N) is 3. The van der Waals surface area contributed by atoms with Gasteiger partial charge in [0.2, 0.25) is 5.75 Å². The van der Waals surface area contributed by atoms with Crippen LogP contribution in [0.4, 0.5) is 5.69 Å². The van der Waals surface area contributed by atoms with Crippen LogP contribution in [0, 0.1) is 5.41 Å². The van der Waals surface area contributed by atoms with E-state index in [1.807, 2.05) is 6.92 Å². The molecule has 1 unspecified atom stereocenters. The second-order valence-corrected chi connectivity index (χ2v) is 9.06. The van der Waals surface area contributed by atoms with Crippen molar-refractivity contribution in [2.75, 3.05) is 26.1 Å². The lowest BCUT2D eigenvalue weighted by Crippen LogP contribution is -2.18. The van der Waals surface area contributed by atoms with Crippen molar-refractivity contribution in [3.05, 3.63) is 74.2 Å². The lowest BCUT2D eigenvalue weighted by atomic mass is 10.0. The van der Waals surface area contributed by atoms with Crippen LogP contribution in [-0.2, 0) is 0 Å². The summed E-state index contributed by atoms with van der Waals surface area (Å²) in [4.78, 5) is 31.2. The molecule has 2 aromatic carbocycles. The summed E-state index contributed by atoms with van der Waals surface area (Å²) in [5.41, 5.74) is 8.03. The molecule has 14 heteroatoms. The number of ether oxygens (including phenoxy) is 3. The van der Waals surface area contributed by atoms with Crippen molar-refractivity contribution in [1.82, 2.24) is 19.7 Å². The predicted octanol–water partition coefficient (Wildman–Crippen LogP) is 3.01. The number of rotatable bonds is 12. The summed E-state index contributed by atoms with van der Waals surface area (Å²) in [6, 6.07) is 9.54. The number of aromatic amines is 1. The number of carbonyl (C=O) groups is 1. The van der Waals surface area contributed by atoms with Crippen LogP contribution in [0.25, 0.3) is 5.82 Å². The highest BCUT2D eigenvalue weighted by molar-refractivity contribution is 7.12. The van der Waals surface area contributed by atoms with Gasteiger partial charge >= 0.3 is 11.7 Å². The molecule has 1 atom stereocenters. The van der Waals surface area contributed by atoms with Gasteiger partial charge in [0, 0.05) is 11.3 Å². The number of carboxylic acid groups (broad SMARTS) is 1. The Kier molecular flexibility index (Phi) is 8.15. The Morgan fingerprint density at radius 3 is 2.56 bits per heavy atom. The van der Waals surface area contributed by atoms with E-state index in [-0.39, 0.29) is 22.4 Å². The Hall–Kier alpha value is -4.85. The SMILES string of the molecule is CCCOc1cc(C(Nc2ccc(C(=N)N)cc2)c2nn(-c3ncsc3C(=O)O)c(=O)[nH]2)cc(OC)c1OC. The monoisotopic (exact) mass is 553 g/mol. The average Bonchev–Trinajstić information content (AvgIpc) is 3.56. The third kappa shape index (κ3) is 5.70. The van der Waals surface area contributed by atoms with Crippen LogP contribution in [0.2, 0.25) is 0 Å². The van der Waals surface area contributed by atoms with Gasteiger partial charge < -0.3 is 30.4 Å². The molecule has 0 aliphatic carbocycles. The first kappa shape index (κ1) is 27.2. The minimum absolute atomic E-state index is 0.0729. The van der Waals surface area contributed by atoms with E-state index in [0.717, 1.165) is 22.4 Å². The molecule has 0 saturated heterocycles. The first-order chi connectivity index (χ1) is 18.8. The molecule has 0 saturated carbocycles. The number of aromatic nitrogens is 4. The van der Waals surface area contributed by atoms with Crippen molar-refractivity contribution in [3.8, 4) is 23.1 Å². The van der Waals surface area contributed by atoms with E-state index < -0.39 is 17.7 Å². The summed E-state index contributed by atoms with van der Waals surface area (Å²) in [6.07, 6.45) is 0.761. The Bertz CT molecular complexity index is 1540. The molecule has 0 aliphatic rings. The summed E-state index contributed by atoms with van der Waals surface area (Å²) in [6.45, 7) is 2.41. The van der Waals surface area contributed by atoms with Gasteiger partial charge in [0.05, 0.1) is 26.3 Å². The number of anilines is 1. The number of benzene rings is 2. The number of carboxylic acids is 1. The topological polar surface area (TPSA) is 190 Å². The minimum atomic E-state index is -1.22. The number of thiazole rings is 1. The molecule has 13 nitrogen and oxygen atoms in total. The fourth-order valence-electron chi connectivity index (χ4n) is 3.81. The lowest BCUT2D eigenvalue weighted by Gasteiger charge is -2.21. The van der Waals surface area contributed by atoms with E-state index >= 15 is 0 Å².